The number of thiophene rings is 1. The lowest BCUT2D eigenvalue weighted by atomic mass is 9.99. The first kappa shape index (κ1) is 15.9. The number of nitrogens with one attached hydrogen (secondary N) is 1. The highest BCUT2D eigenvalue weighted by molar-refractivity contribution is 7.10. The SMILES string of the molecule is CCOC(=O)C1=C(C)Nc2nc3ccccc3n2C1c1sccc1C. The third-order valence-electron chi connectivity index (χ3n) is 4.48. The lowest BCUT2D eigenvalue weighted by Crippen LogP contribution is -2.28. The van der Waals surface area contributed by atoms with Crippen LogP contribution >= 0.6 is 11.3 Å². The van der Waals surface area contributed by atoms with Crippen LogP contribution in [0.3, 0.4) is 0 Å². The van der Waals surface area contributed by atoms with E-state index in [1.165, 1.54) is 0 Å². The largest absolute Gasteiger partial charge is 0.463 e. The summed E-state index contributed by atoms with van der Waals surface area (Å²) < 4.78 is 7.46. The standard InChI is InChI=1S/C19H19N3O2S/c1-4-24-18(23)15-12(3)20-19-21-13-7-5-6-8-14(13)22(19)16(15)17-11(2)9-10-25-17/h5-10,16H,4H2,1-3H3,(H,20,21). The van der Waals surface area contributed by atoms with Crippen LogP contribution < -0.4 is 5.32 Å². The molecule has 25 heavy (non-hydrogen) atoms. The number of benzene rings is 1. The quantitative estimate of drug-likeness (QED) is 0.715. The van der Waals surface area contributed by atoms with Crippen molar-refractivity contribution in [2.24, 2.45) is 0 Å². The molecule has 3 aromatic rings. The van der Waals surface area contributed by atoms with Gasteiger partial charge in [-0.2, -0.15) is 0 Å². The molecule has 4 rings (SSSR count). The van der Waals surface area contributed by atoms with Gasteiger partial charge in [-0.3, -0.25) is 4.57 Å². The Hall–Kier alpha value is -2.60. The number of fused-ring (bicyclic) bond motifs is 3. The number of aromatic nitrogens is 2. The highest BCUT2D eigenvalue weighted by Gasteiger charge is 2.36. The first-order valence-corrected chi connectivity index (χ1v) is 9.15. The summed E-state index contributed by atoms with van der Waals surface area (Å²) in [5, 5.41) is 5.34. The molecule has 128 valence electrons. The van der Waals surface area contributed by atoms with E-state index in [1.807, 2.05) is 38.1 Å². The summed E-state index contributed by atoms with van der Waals surface area (Å²) in [7, 11) is 0. The molecule has 0 aliphatic carbocycles. The zero-order chi connectivity index (χ0) is 17.6. The Bertz CT molecular complexity index is 999. The maximum Gasteiger partial charge on any atom is 0.338 e. The maximum atomic E-state index is 12.7. The molecule has 1 unspecified atom stereocenters. The number of nitrogens with zero attached hydrogens (tertiary/aromatic N) is 2. The summed E-state index contributed by atoms with van der Waals surface area (Å²) in [6.45, 7) is 6.16. The second-order valence-corrected chi connectivity index (χ2v) is 7.00. The van der Waals surface area contributed by atoms with Crippen LogP contribution in [0.5, 0.6) is 0 Å². The predicted octanol–water partition coefficient (Wildman–Crippen LogP) is 4.26. The summed E-state index contributed by atoms with van der Waals surface area (Å²) in [6.07, 6.45) is 0. The van der Waals surface area contributed by atoms with E-state index in [4.69, 9.17) is 9.72 Å². The van der Waals surface area contributed by atoms with Crippen molar-refractivity contribution in [1.29, 1.82) is 0 Å². The smallest absolute Gasteiger partial charge is 0.338 e. The molecule has 3 heterocycles. The van der Waals surface area contributed by atoms with Crippen molar-refractivity contribution < 1.29 is 9.53 Å². The minimum atomic E-state index is -0.284. The molecule has 2 aromatic heterocycles. The molecule has 1 aromatic carbocycles. The van der Waals surface area contributed by atoms with Crippen molar-refractivity contribution in [3.05, 3.63) is 57.4 Å². The minimum absolute atomic E-state index is 0.234. The lowest BCUT2D eigenvalue weighted by Gasteiger charge is -2.29. The Kier molecular flexibility index (Phi) is 3.84. The first-order valence-electron chi connectivity index (χ1n) is 8.27. The Morgan fingerprint density at radius 2 is 2.12 bits per heavy atom. The summed E-state index contributed by atoms with van der Waals surface area (Å²) in [5.74, 6) is 0.471. The van der Waals surface area contributed by atoms with Crippen LogP contribution in [0.1, 0.15) is 30.3 Å². The molecule has 1 atom stereocenters. The van der Waals surface area contributed by atoms with E-state index in [0.29, 0.717) is 12.2 Å². The number of hydrogen-bond donors (Lipinski definition) is 1. The van der Waals surface area contributed by atoms with Gasteiger partial charge < -0.3 is 10.1 Å². The molecule has 0 bridgehead atoms. The molecule has 0 saturated carbocycles. The fourth-order valence-corrected chi connectivity index (χ4v) is 4.37. The molecule has 0 amide bonds. The fourth-order valence-electron chi connectivity index (χ4n) is 3.35. The molecule has 6 heteroatoms. The molecule has 1 aliphatic heterocycles. The highest BCUT2D eigenvalue weighted by atomic mass is 32.1. The van der Waals surface area contributed by atoms with Crippen molar-refractivity contribution >= 4 is 34.3 Å². The molecular weight excluding hydrogens is 334 g/mol. The van der Waals surface area contributed by atoms with E-state index in [9.17, 15) is 4.79 Å². The minimum Gasteiger partial charge on any atom is -0.463 e. The van der Waals surface area contributed by atoms with Crippen LogP contribution in [-0.2, 0) is 9.53 Å². The average molecular weight is 353 g/mol. The van der Waals surface area contributed by atoms with E-state index >= 15 is 0 Å². The second kappa shape index (κ2) is 6.04. The number of esters is 1. The predicted molar refractivity (Wildman–Crippen MR) is 99.9 cm³/mol. The number of carbonyl (C=O) groups is 1. The summed E-state index contributed by atoms with van der Waals surface area (Å²) in [4.78, 5) is 18.6. The van der Waals surface area contributed by atoms with Gasteiger partial charge in [-0.1, -0.05) is 12.1 Å². The van der Waals surface area contributed by atoms with Crippen LogP contribution in [-0.4, -0.2) is 22.1 Å². The number of rotatable bonds is 3. The van der Waals surface area contributed by atoms with Gasteiger partial charge in [0.25, 0.3) is 0 Å². The van der Waals surface area contributed by atoms with Gasteiger partial charge in [-0.05, 0) is 49.9 Å². The maximum absolute atomic E-state index is 12.7. The molecule has 0 spiro atoms. The van der Waals surface area contributed by atoms with Gasteiger partial charge in [-0.25, -0.2) is 9.78 Å². The van der Waals surface area contributed by atoms with Crippen molar-refractivity contribution in [1.82, 2.24) is 9.55 Å². The lowest BCUT2D eigenvalue weighted by molar-refractivity contribution is -0.139. The Balaban J connectivity index is 2.00. The summed E-state index contributed by atoms with van der Waals surface area (Å²) >= 11 is 1.65. The van der Waals surface area contributed by atoms with Crippen molar-refractivity contribution in [2.45, 2.75) is 26.8 Å². The van der Waals surface area contributed by atoms with E-state index < -0.39 is 0 Å². The number of carbonyl (C=O) groups excluding carboxylic acids is 1. The zero-order valence-corrected chi connectivity index (χ0v) is 15.2. The van der Waals surface area contributed by atoms with Crippen LogP contribution in [0.2, 0.25) is 0 Å². The number of para-hydroxylation sites is 2. The van der Waals surface area contributed by atoms with Crippen LogP contribution in [0.15, 0.2) is 47.0 Å². The third kappa shape index (κ3) is 2.44. The van der Waals surface area contributed by atoms with Crippen molar-refractivity contribution in [3.63, 3.8) is 0 Å². The molecule has 5 nitrogen and oxygen atoms in total. The fraction of sp³-hybridized carbons (Fsp3) is 0.263. The van der Waals surface area contributed by atoms with Gasteiger partial charge in [0.15, 0.2) is 0 Å². The number of ether oxygens (including phenoxy) is 1. The van der Waals surface area contributed by atoms with Gasteiger partial charge in [0.1, 0.15) is 6.04 Å². The third-order valence-corrected chi connectivity index (χ3v) is 5.55. The van der Waals surface area contributed by atoms with Crippen molar-refractivity contribution in [2.75, 3.05) is 11.9 Å². The van der Waals surface area contributed by atoms with Crippen molar-refractivity contribution in [3.8, 4) is 0 Å². The Morgan fingerprint density at radius 1 is 1.32 bits per heavy atom. The molecule has 1 N–H and O–H groups in total. The van der Waals surface area contributed by atoms with Crippen LogP contribution in [0.25, 0.3) is 11.0 Å². The summed E-state index contributed by atoms with van der Waals surface area (Å²) in [5.41, 5.74) is 4.50. The van der Waals surface area contributed by atoms with E-state index in [0.717, 1.165) is 33.1 Å². The number of imidazole rings is 1. The second-order valence-electron chi connectivity index (χ2n) is 6.05. The van der Waals surface area contributed by atoms with E-state index in [2.05, 4.69) is 28.3 Å². The van der Waals surface area contributed by atoms with Gasteiger partial charge >= 0.3 is 5.97 Å². The summed E-state index contributed by atoms with van der Waals surface area (Å²) in [6, 6.07) is 9.83. The van der Waals surface area contributed by atoms with Crippen LogP contribution in [0, 0.1) is 6.92 Å². The average Bonchev–Trinajstić information content (AvgIpc) is 3.16. The first-order chi connectivity index (χ1) is 12.1. The zero-order valence-electron chi connectivity index (χ0n) is 14.4. The number of hydrogen-bond acceptors (Lipinski definition) is 5. The number of aryl methyl sites for hydroxylation is 1. The normalized spacial score (nSPS) is 16.7. The number of anilines is 1. The number of allylic oxidation sites excluding steroid dienone is 1. The van der Waals surface area contributed by atoms with E-state index in [-0.39, 0.29) is 12.0 Å². The van der Waals surface area contributed by atoms with Crippen LogP contribution in [0.4, 0.5) is 5.95 Å². The topological polar surface area (TPSA) is 56.1 Å². The molecule has 1 aliphatic rings. The highest BCUT2D eigenvalue weighted by Crippen LogP contribution is 2.42. The van der Waals surface area contributed by atoms with Gasteiger partial charge in [0.05, 0.1) is 23.2 Å². The van der Waals surface area contributed by atoms with Gasteiger partial charge in [0, 0.05) is 10.6 Å². The Morgan fingerprint density at radius 3 is 2.84 bits per heavy atom. The molecule has 0 fully saturated rings. The Labute approximate surface area is 149 Å². The molecule has 0 radical (unpaired) electrons. The van der Waals surface area contributed by atoms with Gasteiger partial charge in [-0.15, -0.1) is 11.3 Å². The monoisotopic (exact) mass is 353 g/mol. The molecule has 0 saturated heterocycles. The van der Waals surface area contributed by atoms with Gasteiger partial charge in [0.2, 0.25) is 5.95 Å². The molecular formula is C19H19N3O2S. The van der Waals surface area contributed by atoms with E-state index in [1.54, 1.807) is 11.3 Å².